The molecule has 0 spiro atoms. The van der Waals surface area contributed by atoms with Crippen molar-refractivity contribution in [1.29, 1.82) is 0 Å². The Hall–Kier alpha value is 2.80. The molecule has 0 radical (unpaired) electrons. The van der Waals surface area contributed by atoms with Crippen molar-refractivity contribution in [3.05, 3.63) is 0 Å². The van der Waals surface area contributed by atoms with Gasteiger partial charge >= 0.3 is 71.9 Å². The summed E-state index contributed by atoms with van der Waals surface area (Å²) in [4.78, 5) is 24.3. The van der Waals surface area contributed by atoms with Crippen molar-refractivity contribution in [1.82, 2.24) is 0 Å². The van der Waals surface area contributed by atoms with Crippen LogP contribution in [0.2, 0.25) is 0 Å². The van der Waals surface area contributed by atoms with Crippen molar-refractivity contribution in [2.75, 3.05) is 0 Å². The largest absolute Gasteiger partial charge is 2.00 e. The fourth-order valence-electron chi connectivity index (χ4n) is 0. The maximum Gasteiger partial charge on any atom is 2.00 e. The second kappa shape index (κ2) is 9.80. The van der Waals surface area contributed by atoms with E-state index in [9.17, 15) is 0 Å². The van der Waals surface area contributed by atoms with Gasteiger partial charge in [0.25, 0.3) is 0 Å². The van der Waals surface area contributed by atoms with Gasteiger partial charge in [0.1, 0.15) is 0 Å². The van der Waals surface area contributed by atoms with Gasteiger partial charge in [-0.3, -0.25) is 0 Å². The molecule has 0 aromatic rings. The monoisotopic (exact) mass is 290 g/mol. The van der Waals surface area contributed by atoms with E-state index in [0.29, 0.717) is 0 Å². The second-order valence-corrected chi connectivity index (χ2v) is 1.41. The molecule has 0 bridgehead atoms. The molecule has 1 N–H and O–H groups in total. The molecule has 40 valence electrons. The molecular formula is HBaMgO4PS. The van der Waals surface area contributed by atoms with Gasteiger partial charge in [-0.1, -0.05) is 0 Å². The molecule has 0 unspecified atom stereocenters. The van der Waals surface area contributed by atoms with Crippen LogP contribution in [-0.4, -0.2) is 76.8 Å². The summed E-state index contributed by atoms with van der Waals surface area (Å²) < 4.78 is 8.66. The molecular weight excluding hydrogens is 289 g/mol. The third-order valence-electron chi connectivity index (χ3n) is 0. The molecule has 0 aliphatic rings. The standard InChI is InChI=1S/Ba.Mg.H3O4P.S/c;;1-5(2,3)4;/h;;(H3,1,2,3,4);/q2*+2;;-2/p-2. The normalized spacial score (nSPS) is 7.38. The van der Waals surface area contributed by atoms with Gasteiger partial charge in [0, 0.05) is 0 Å². The van der Waals surface area contributed by atoms with E-state index >= 15 is 0 Å². The zero-order valence-electron chi connectivity index (χ0n) is 3.94. The Balaban J connectivity index is -0.0000000267. The quantitative estimate of drug-likeness (QED) is 0.382. The minimum Gasteiger partial charge on any atom is -2.00 e. The van der Waals surface area contributed by atoms with Crippen LogP contribution in [0.15, 0.2) is 0 Å². The summed E-state index contributed by atoms with van der Waals surface area (Å²) in [6, 6.07) is 0. The Bertz CT molecular complexity index is 62.2. The van der Waals surface area contributed by atoms with Crippen molar-refractivity contribution in [2.45, 2.75) is 0 Å². The van der Waals surface area contributed by atoms with Gasteiger partial charge in [0.2, 0.25) is 0 Å². The summed E-state index contributed by atoms with van der Waals surface area (Å²) in [5.41, 5.74) is 0. The number of hydrogen-bond acceptors (Lipinski definition) is 3. The van der Waals surface area contributed by atoms with Gasteiger partial charge in [-0.05, 0) is 0 Å². The molecule has 8 heteroatoms. The van der Waals surface area contributed by atoms with E-state index in [1.54, 1.807) is 0 Å². The van der Waals surface area contributed by atoms with E-state index in [0.717, 1.165) is 0 Å². The van der Waals surface area contributed by atoms with Crippen LogP contribution in [0, 0.1) is 0 Å². The van der Waals surface area contributed by atoms with Crippen LogP contribution >= 0.6 is 7.82 Å². The van der Waals surface area contributed by atoms with Gasteiger partial charge in [-0.25, -0.2) is 0 Å². The maximum atomic E-state index is 8.66. The Morgan fingerprint density at radius 2 is 1.38 bits per heavy atom. The van der Waals surface area contributed by atoms with Crippen molar-refractivity contribution in [3.8, 4) is 0 Å². The van der Waals surface area contributed by atoms with Crippen LogP contribution in [0.4, 0.5) is 0 Å². The first-order valence-electron chi connectivity index (χ1n) is 0.748. The first-order chi connectivity index (χ1) is 2.00. The van der Waals surface area contributed by atoms with Crippen molar-refractivity contribution in [2.24, 2.45) is 0 Å². The third kappa shape index (κ3) is 68.3. The van der Waals surface area contributed by atoms with Crippen LogP contribution in [-0.2, 0) is 18.1 Å². The molecule has 0 atom stereocenters. The topological polar surface area (TPSA) is 83.4 Å². The molecule has 0 saturated heterocycles. The summed E-state index contributed by atoms with van der Waals surface area (Å²) in [7, 11) is -5.14. The van der Waals surface area contributed by atoms with Crippen molar-refractivity contribution in [3.63, 3.8) is 0 Å². The van der Waals surface area contributed by atoms with E-state index < -0.39 is 7.82 Å². The Kier molecular flexibility index (Phi) is 27.5. The molecule has 0 aliphatic carbocycles. The van der Waals surface area contributed by atoms with E-state index in [1.165, 1.54) is 0 Å². The van der Waals surface area contributed by atoms with Gasteiger partial charge in [0.05, 0.1) is 7.82 Å². The van der Waals surface area contributed by atoms with E-state index in [1.807, 2.05) is 0 Å². The average molecular weight is 290 g/mol. The minimum atomic E-state index is -5.14. The molecule has 4 nitrogen and oxygen atoms in total. The van der Waals surface area contributed by atoms with Crippen molar-refractivity contribution >= 4 is 93.3 Å². The predicted octanol–water partition coefficient (Wildman–Crippen LogP) is -2.96. The van der Waals surface area contributed by atoms with E-state index in [-0.39, 0.29) is 85.4 Å². The molecule has 0 rings (SSSR count). The predicted molar refractivity (Wildman–Crippen MR) is 28.7 cm³/mol. The minimum absolute atomic E-state index is 0. The Morgan fingerprint density at radius 1 is 1.38 bits per heavy atom. The summed E-state index contributed by atoms with van der Waals surface area (Å²) in [5.74, 6) is 0. The first kappa shape index (κ1) is 22.4. The van der Waals surface area contributed by atoms with Gasteiger partial charge in [-0.15, -0.1) is 0 Å². The molecule has 0 aliphatic heterocycles. The van der Waals surface area contributed by atoms with E-state index in [2.05, 4.69) is 0 Å². The molecule has 0 aromatic carbocycles. The molecule has 0 amide bonds. The van der Waals surface area contributed by atoms with Crippen LogP contribution in [0.3, 0.4) is 0 Å². The smallest absolute Gasteiger partial charge is 2.00 e. The first-order valence-corrected chi connectivity index (χ1v) is 2.24. The number of rotatable bonds is 0. The zero-order valence-corrected chi connectivity index (χ0v) is 11.5. The van der Waals surface area contributed by atoms with Gasteiger partial charge in [0.15, 0.2) is 0 Å². The Labute approximate surface area is 110 Å². The maximum absolute atomic E-state index is 8.66. The summed E-state index contributed by atoms with van der Waals surface area (Å²) in [6.45, 7) is 0. The Morgan fingerprint density at radius 3 is 1.38 bits per heavy atom. The van der Waals surface area contributed by atoms with Gasteiger partial charge in [-0.2, -0.15) is 0 Å². The summed E-state index contributed by atoms with van der Waals surface area (Å²) in [6.07, 6.45) is 0. The molecule has 0 heterocycles. The third-order valence-corrected chi connectivity index (χ3v) is 0. The number of phosphoric acid groups is 1. The van der Waals surface area contributed by atoms with Crippen LogP contribution in [0.1, 0.15) is 0 Å². The van der Waals surface area contributed by atoms with Crippen LogP contribution in [0.25, 0.3) is 0 Å². The summed E-state index contributed by atoms with van der Waals surface area (Å²) >= 11 is 0. The fraction of sp³-hybridized carbons (Fsp3) is 0. The number of hydrogen-bond donors (Lipinski definition) is 1. The SMILES string of the molecule is O=P([O-])([O-])O.[Ba+2].[Mg+2].[S-2]. The molecule has 8 heavy (non-hydrogen) atoms. The van der Waals surface area contributed by atoms with Crippen LogP contribution in [0.5, 0.6) is 0 Å². The molecule has 0 saturated carbocycles. The van der Waals surface area contributed by atoms with E-state index in [4.69, 9.17) is 19.2 Å². The summed E-state index contributed by atoms with van der Waals surface area (Å²) in [5, 5.41) is 0. The van der Waals surface area contributed by atoms with Gasteiger partial charge < -0.3 is 32.7 Å². The molecule has 0 fully saturated rings. The van der Waals surface area contributed by atoms with Crippen molar-refractivity contribution < 1.29 is 19.2 Å². The average Bonchev–Trinajstić information content (AvgIpc) is 0.722. The fourth-order valence-corrected chi connectivity index (χ4v) is 0. The zero-order chi connectivity index (χ0) is 4.50. The second-order valence-electron chi connectivity index (χ2n) is 0.469. The van der Waals surface area contributed by atoms with Crippen LogP contribution < -0.4 is 9.79 Å². The molecule has 0 aromatic heterocycles.